The average molecular weight is 282 g/mol. The summed E-state index contributed by atoms with van der Waals surface area (Å²) in [5.74, 6) is 0.161. The van der Waals surface area contributed by atoms with E-state index in [1.165, 1.54) is 12.8 Å². The molecule has 0 radical (unpaired) electrons. The summed E-state index contributed by atoms with van der Waals surface area (Å²) in [6.07, 6.45) is 5.20. The summed E-state index contributed by atoms with van der Waals surface area (Å²) in [6, 6.07) is 0. The van der Waals surface area contributed by atoms with Gasteiger partial charge in [0.15, 0.2) is 5.79 Å². The fourth-order valence-electron chi connectivity index (χ4n) is 4.74. The molecule has 3 heteroatoms. The van der Waals surface area contributed by atoms with Gasteiger partial charge in [-0.25, -0.2) is 0 Å². The van der Waals surface area contributed by atoms with Crippen LogP contribution in [0.5, 0.6) is 0 Å². The molecule has 1 spiro atoms. The van der Waals surface area contributed by atoms with E-state index in [2.05, 4.69) is 34.6 Å². The molecule has 0 aromatic rings. The minimum atomic E-state index is -0.421. The second-order valence-electron chi connectivity index (χ2n) is 8.16. The molecule has 1 saturated carbocycles. The van der Waals surface area contributed by atoms with Gasteiger partial charge in [0, 0.05) is 11.8 Å². The largest absolute Gasteiger partial charge is 0.373 e. The molecule has 1 aliphatic carbocycles. The summed E-state index contributed by atoms with van der Waals surface area (Å²) in [6.45, 7) is 12.9. The van der Waals surface area contributed by atoms with Crippen LogP contribution in [-0.4, -0.2) is 31.2 Å². The molecule has 20 heavy (non-hydrogen) atoms. The summed E-state index contributed by atoms with van der Waals surface area (Å²) >= 11 is 0. The smallest absolute Gasteiger partial charge is 0.176 e. The lowest BCUT2D eigenvalue weighted by Crippen LogP contribution is -2.64. The fraction of sp³-hybridized carbons (Fsp3) is 1.00. The predicted molar refractivity (Wildman–Crippen MR) is 78.5 cm³/mol. The van der Waals surface area contributed by atoms with Crippen LogP contribution in [0.2, 0.25) is 0 Å². The third kappa shape index (κ3) is 1.97. The number of fused-ring (bicyclic) bond motifs is 1. The maximum Gasteiger partial charge on any atom is 0.176 e. The molecule has 0 amide bonds. The van der Waals surface area contributed by atoms with Crippen LogP contribution in [0.4, 0.5) is 0 Å². The van der Waals surface area contributed by atoms with Crippen LogP contribution < -0.4 is 0 Å². The van der Waals surface area contributed by atoms with Crippen molar-refractivity contribution in [2.45, 2.75) is 78.3 Å². The Labute approximate surface area is 123 Å². The summed E-state index contributed by atoms with van der Waals surface area (Å²) in [4.78, 5) is 0. The fourth-order valence-corrected chi connectivity index (χ4v) is 4.74. The molecule has 2 heterocycles. The molecular formula is C17H30O3. The van der Waals surface area contributed by atoms with Crippen molar-refractivity contribution in [3.05, 3.63) is 0 Å². The third-order valence-corrected chi connectivity index (χ3v) is 6.10. The van der Waals surface area contributed by atoms with Gasteiger partial charge in [-0.05, 0) is 30.6 Å². The molecule has 1 unspecified atom stereocenters. The standard InChI is InChI=1S/C17H30O3/c1-12(2)13-6-7-16(5)8-9-17(18-10-11-19-17)15(3,4)14(16)20-13/h12-14H,6-11H2,1-5H3/t13-,14+,16?/m1/s1. The summed E-state index contributed by atoms with van der Waals surface area (Å²) in [7, 11) is 0. The number of hydrogen-bond acceptors (Lipinski definition) is 3. The predicted octanol–water partition coefficient (Wildman–Crippen LogP) is 3.76. The lowest BCUT2D eigenvalue weighted by atomic mass is 9.56. The molecule has 3 fully saturated rings. The van der Waals surface area contributed by atoms with Gasteiger partial charge in [-0.2, -0.15) is 0 Å². The van der Waals surface area contributed by atoms with Gasteiger partial charge >= 0.3 is 0 Å². The highest BCUT2D eigenvalue weighted by Gasteiger charge is 2.64. The van der Waals surface area contributed by atoms with Gasteiger partial charge in [0.2, 0.25) is 0 Å². The van der Waals surface area contributed by atoms with E-state index in [1.54, 1.807) is 0 Å². The van der Waals surface area contributed by atoms with Crippen LogP contribution in [-0.2, 0) is 14.2 Å². The maximum absolute atomic E-state index is 6.60. The maximum atomic E-state index is 6.60. The van der Waals surface area contributed by atoms with E-state index >= 15 is 0 Å². The van der Waals surface area contributed by atoms with Crippen LogP contribution in [0.3, 0.4) is 0 Å². The molecular weight excluding hydrogens is 252 g/mol. The topological polar surface area (TPSA) is 27.7 Å². The molecule has 116 valence electrons. The first-order valence-electron chi connectivity index (χ1n) is 8.24. The number of rotatable bonds is 1. The van der Waals surface area contributed by atoms with Crippen LogP contribution in [0.1, 0.15) is 60.3 Å². The number of ether oxygens (including phenoxy) is 3. The normalized spacial score (nSPS) is 42.9. The van der Waals surface area contributed by atoms with Crippen molar-refractivity contribution in [2.24, 2.45) is 16.7 Å². The van der Waals surface area contributed by atoms with Crippen molar-refractivity contribution in [3.63, 3.8) is 0 Å². The van der Waals surface area contributed by atoms with Crippen molar-refractivity contribution < 1.29 is 14.2 Å². The highest BCUT2D eigenvalue weighted by atomic mass is 16.7. The molecule has 0 N–H and O–H groups in total. The minimum absolute atomic E-state index is 0.0932. The van der Waals surface area contributed by atoms with Crippen molar-refractivity contribution in [1.82, 2.24) is 0 Å². The first-order valence-corrected chi connectivity index (χ1v) is 8.24. The zero-order valence-corrected chi connectivity index (χ0v) is 13.7. The average Bonchev–Trinajstić information content (AvgIpc) is 2.85. The molecule has 2 aliphatic heterocycles. The molecule has 3 atom stereocenters. The van der Waals surface area contributed by atoms with Gasteiger partial charge in [-0.3, -0.25) is 0 Å². The van der Waals surface area contributed by atoms with E-state index < -0.39 is 5.79 Å². The van der Waals surface area contributed by atoms with Gasteiger partial charge in [-0.1, -0.05) is 34.6 Å². The van der Waals surface area contributed by atoms with Gasteiger partial charge < -0.3 is 14.2 Å². The van der Waals surface area contributed by atoms with Crippen LogP contribution in [0.25, 0.3) is 0 Å². The second kappa shape index (κ2) is 4.69. The molecule has 3 rings (SSSR count). The quantitative estimate of drug-likeness (QED) is 0.733. The Bertz CT molecular complexity index is 370. The van der Waals surface area contributed by atoms with Crippen molar-refractivity contribution in [3.8, 4) is 0 Å². The Hall–Kier alpha value is -0.120. The molecule has 2 saturated heterocycles. The molecule has 0 aromatic heterocycles. The Morgan fingerprint density at radius 2 is 1.60 bits per heavy atom. The van der Waals surface area contributed by atoms with Crippen LogP contribution in [0, 0.1) is 16.7 Å². The Kier molecular flexibility index (Phi) is 3.47. The third-order valence-electron chi connectivity index (χ3n) is 6.10. The van der Waals surface area contributed by atoms with E-state index in [-0.39, 0.29) is 16.9 Å². The van der Waals surface area contributed by atoms with Gasteiger partial charge in [0.05, 0.1) is 25.4 Å². The van der Waals surface area contributed by atoms with E-state index in [4.69, 9.17) is 14.2 Å². The number of hydrogen-bond donors (Lipinski definition) is 0. The van der Waals surface area contributed by atoms with E-state index in [9.17, 15) is 0 Å². The van der Waals surface area contributed by atoms with Gasteiger partial charge in [-0.15, -0.1) is 0 Å². The summed E-state index contributed by atoms with van der Waals surface area (Å²) in [5.41, 5.74) is 0.180. The monoisotopic (exact) mass is 282 g/mol. The molecule has 3 nitrogen and oxygen atoms in total. The SMILES string of the molecule is CC(C)[C@H]1CCC2(C)CCC3(OCCO3)C(C)(C)[C@@H]2O1. The van der Waals surface area contributed by atoms with E-state index in [0.29, 0.717) is 12.0 Å². The summed E-state index contributed by atoms with van der Waals surface area (Å²) in [5, 5.41) is 0. The second-order valence-corrected chi connectivity index (χ2v) is 8.16. The highest BCUT2D eigenvalue weighted by Crippen LogP contribution is 2.59. The first kappa shape index (κ1) is 14.8. The lowest BCUT2D eigenvalue weighted by Gasteiger charge is -2.60. The Morgan fingerprint density at radius 3 is 2.20 bits per heavy atom. The van der Waals surface area contributed by atoms with Gasteiger partial charge in [0.1, 0.15) is 0 Å². The van der Waals surface area contributed by atoms with Crippen LogP contribution in [0.15, 0.2) is 0 Å². The van der Waals surface area contributed by atoms with Crippen molar-refractivity contribution in [2.75, 3.05) is 13.2 Å². The van der Waals surface area contributed by atoms with Crippen molar-refractivity contribution in [1.29, 1.82) is 0 Å². The zero-order valence-electron chi connectivity index (χ0n) is 13.7. The van der Waals surface area contributed by atoms with E-state index in [1.807, 2.05) is 0 Å². The lowest BCUT2D eigenvalue weighted by molar-refractivity contribution is -0.323. The van der Waals surface area contributed by atoms with Crippen molar-refractivity contribution >= 4 is 0 Å². The Morgan fingerprint density at radius 1 is 0.950 bits per heavy atom. The van der Waals surface area contributed by atoms with E-state index in [0.717, 1.165) is 26.1 Å². The zero-order chi connectivity index (χ0) is 14.6. The molecule has 0 aromatic carbocycles. The Balaban J connectivity index is 1.90. The minimum Gasteiger partial charge on any atom is -0.373 e. The summed E-state index contributed by atoms with van der Waals surface area (Å²) < 4.78 is 18.8. The molecule has 0 bridgehead atoms. The molecule has 3 aliphatic rings. The highest BCUT2D eigenvalue weighted by molar-refractivity contribution is 5.08. The van der Waals surface area contributed by atoms with Crippen LogP contribution >= 0.6 is 0 Å². The first-order chi connectivity index (χ1) is 9.31. The van der Waals surface area contributed by atoms with Gasteiger partial charge in [0.25, 0.3) is 0 Å².